The molecule has 0 fully saturated rings. The number of hydrogen-bond acceptors (Lipinski definition) is 3. The van der Waals surface area contributed by atoms with E-state index in [1.165, 1.54) is 5.56 Å². The summed E-state index contributed by atoms with van der Waals surface area (Å²) < 4.78 is 0. The molecule has 0 saturated heterocycles. The van der Waals surface area contributed by atoms with Gasteiger partial charge in [0.2, 0.25) is 0 Å². The molecule has 0 radical (unpaired) electrons. The van der Waals surface area contributed by atoms with Crippen molar-refractivity contribution in [3.05, 3.63) is 36.0 Å². The van der Waals surface area contributed by atoms with Gasteiger partial charge >= 0.3 is 0 Å². The first-order valence-corrected chi connectivity index (χ1v) is 4.25. The largest absolute Gasteiger partial charge is 0.316 e. The Morgan fingerprint density at radius 3 is 3.08 bits per heavy atom. The fourth-order valence-electron chi connectivity index (χ4n) is 1.35. The third kappa shape index (κ3) is 1.65. The lowest BCUT2D eigenvalue weighted by molar-refractivity contribution is 0.819. The van der Waals surface area contributed by atoms with E-state index in [1.807, 2.05) is 19.2 Å². The van der Waals surface area contributed by atoms with Gasteiger partial charge in [-0.3, -0.25) is 0 Å². The van der Waals surface area contributed by atoms with Gasteiger partial charge in [0.15, 0.2) is 0 Å². The highest BCUT2D eigenvalue weighted by Crippen LogP contribution is 2.11. The van der Waals surface area contributed by atoms with E-state index in [4.69, 9.17) is 0 Å². The average molecular weight is 173 g/mol. The van der Waals surface area contributed by atoms with Crippen LogP contribution in [0.3, 0.4) is 0 Å². The third-order valence-corrected chi connectivity index (χ3v) is 1.96. The van der Waals surface area contributed by atoms with Crippen LogP contribution in [0.5, 0.6) is 0 Å². The van der Waals surface area contributed by atoms with Gasteiger partial charge in [-0.25, -0.2) is 0 Å². The van der Waals surface area contributed by atoms with E-state index in [0.29, 0.717) is 0 Å². The van der Waals surface area contributed by atoms with Crippen LogP contribution in [0.1, 0.15) is 5.56 Å². The van der Waals surface area contributed by atoms with Gasteiger partial charge in [0.25, 0.3) is 0 Å². The summed E-state index contributed by atoms with van der Waals surface area (Å²) >= 11 is 0. The smallest absolute Gasteiger partial charge is 0.0929 e. The van der Waals surface area contributed by atoms with Crippen LogP contribution >= 0.6 is 0 Å². The van der Waals surface area contributed by atoms with E-state index in [0.717, 1.165) is 17.4 Å². The second kappa shape index (κ2) is 3.49. The minimum Gasteiger partial charge on any atom is -0.316 e. The van der Waals surface area contributed by atoms with Crippen molar-refractivity contribution in [1.82, 2.24) is 15.5 Å². The van der Waals surface area contributed by atoms with Crippen molar-refractivity contribution in [3.63, 3.8) is 0 Å². The minimum atomic E-state index is 0.887. The second-order valence-corrected chi connectivity index (χ2v) is 2.95. The summed E-state index contributed by atoms with van der Waals surface area (Å²) in [6.07, 6.45) is 1.71. The van der Waals surface area contributed by atoms with Gasteiger partial charge in [-0.1, -0.05) is 6.07 Å². The number of hydrogen-bond donors (Lipinski definition) is 1. The molecule has 1 aromatic heterocycles. The maximum atomic E-state index is 4.01. The van der Waals surface area contributed by atoms with Crippen LogP contribution in [0.4, 0.5) is 0 Å². The zero-order valence-corrected chi connectivity index (χ0v) is 7.49. The van der Waals surface area contributed by atoms with Crippen LogP contribution in [0.2, 0.25) is 0 Å². The van der Waals surface area contributed by atoms with E-state index in [-0.39, 0.29) is 0 Å². The maximum Gasteiger partial charge on any atom is 0.0929 e. The van der Waals surface area contributed by atoms with Crippen molar-refractivity contribution in [2.45, 2.75) is 6.54 Å². The van der Waals surface area contributed by atoms with Crippen LogP contribution in [0.15, 0.2) is 30.5 Å². The molecule has 0 amide bonds. The molecule has 1 heterocycles. The van der Waals surface area contributed by atoms with Gasteiger partial charge in [0, 0.05) is 11.9 Å². The SMILES string of the molecule is CNCc1ccc2nnccc2c1. The summed E-state index contributed by atoms with van der Waals surface area (Å²) in [7, 11) is 1.94. The summed E-state index contributed by atoms with van der Waals surface area (Å²) in [4.78, 5) is 0. The predicted molar refractivity (Wildman–Crippen MR) is 52.3 cm³/mol. The third-order valence-electron chi connectivity index (χ3n) is 1.96. The first-order valence-electron chi connectivity index (χ1n) is 4.25. The number of nitrogens with zero attached hydrogens (tertiary/aromatic N) is 2. The molecular weight excluding hydrogens is 162 g/mol. The molecule has 2 rings (SSSR count). The summed E-state index contributed by atoms with van der Waals surface area (Å²) in [6.45, 7) is 0.887. The number of rotatable bonds is 2. The standard InChI is InChI=1S/C10H11N3/c1-11-7-8-2-3-10-9(6-8)4-5-12-13-10/h2-6,11H,7H2,1H3. The number of aromatic nitrogens is 2. The van der Waals surface area contributed by atoms with Crippen molar-refractivity contribution in [3.8, 4) is 0 Å². The minimum absolute atomic E-state index is 0.887. The Morgan fingerprint density at radius 1 is 1.31 bits per heavy atom. The first-order chi connectivity index (χ1) is 6.40. The van der Waals surface area contributed by atoms with Crippen molar-refractivity contribution >= 4 is 10.9 Å². The molecule has 3 nitrogen and oxygen atoms in total. The van der Waals surface area contributed by atoms with Gasteiger partial charge in [0.1, 0.15) is 0 Å². The van der Waals surface area contributed by atoms with Crippen LogP contribution in [0.25, 0.3) is 10.9 Å². The Bertz CT molecular complexity index is 412. The van der Waals surface area contributed by atoms with E-state index >= 15 is 0 Å². The molecule has 0 saturated carbocycles. The summed E-state index contributed by atoms with van der Waals surface area (Å²) in [5, 5.41) is 12.1. The van der Waals surface area contributed by atoms with Gasteiger partial charge in [0.05, 0.1) is 11.7 Å². The van der Waals surface area contributed by atoms with E-state index in [9.17, 15) is 0 Å². The molecular formula is C10H11N3. The molecule has 1 aromatic carbocycles. The molecule has 13 heavy (non-hydrogen) atoms. The van der Waals surface area contributed by atoms with Crippen molar-refractivity contribution < 1.29 is 0 Å². The Morgan fingerprint density at radius 2 is 2.23 bits per heavy atom. The Labute approximate surface area is 76.8 Å². The summed E-state index contributed by atoms with van der Waals surface area (Å²) in [5.41, 5.74) is 2.21. The van der Waals surface area contributed by atoms with Crippen LogP contribution in [-0.4, -0.2) is 17.2 Å². The van der Waals surface area contributed by atoms with Gasteiger partial charge in [-0.05, 0) is 30.8 Å². The molecule has 0 spiro atoms. The molecule has 0 aliphatic heterocycles. The molecule has 66 valence electrons. The Kier molecular flexibility index (Phi) is 2.19. The van der Waals surface area contributed by atoms with E-state index in [1.54, 1.807) is 6.20 Å². The molecule has 0 atom stereocenters. The predicted octanol–water partition coefficient (Wildman–Crippen LogP) is 1.35. The fraction of sp³-hybridized carbons (Fsp3) is 0.200. The molecule has 3 heteroatoms. The maximum absolute atomic E-state index is 4.01. The van der Waals surface area contributed by atoms with Crippen LogP contribution in [0, 0.1) is 0 Å². The molecule has 2 aromatic rings. The first kappa shape index (κ1) is 8.13. The van der Waals surface area contributed by atoms with Crippen molar-refractivity contribution in [2.75, 3.05) is 7.05 Å². The molecule has 1 N–H and O–H groups in total. The van der Waals surface area contributed by atoms with Crippen molar-refractivity contribution in [2.24, 2.45) is 0 Å². The zero-order valence-electron chi connectivity index (χ0n) is 7.49. The lowest BCUT2D eigenvalue weighted by Gasteiger charge is -2.00. The van der Waals surface area contributed by atoms with E-state index < -0.39 is 0 Å². The van der Waals surface area contributed by atoms with Crippen LogP contribution < -0.4 is 5.32 Å². The van der Waals surface area contributed by atoms with Gasteiger partial charge < -0.3 is 5.32 Å². The lowest BCUT2D eigenvalue weighted by atomic mass is 10.1. The van der Waals surface area contributed by atoms with Gasteiger partial charge in [-0.2, -0.15) is 10.2 Å². The lowest BCUT2D eigenvalue weighted by Crippen LogP contribution is -2.04. The monoisotopic (exact) mass is 173 g/mol. The van der Waals surface area contributed by atoms with Crippen molar-refractivity contribution in [1.29, 1.82) is 0 Å². The quantitative estimate of drug-likeness (QED) is 0.745. The highest BCUT2D eigenvalue weighted by Gasteiger charge is 1.95. The summed E-state index contributed by atoms with van der Waals surface area (Å²) in [5.74, 6) is 0. The number of benzene rings is 1. The van der Waals surface area contributed by atoms with Gasteiger partial charge in [-0.15, -0.1) is 0 Å². The average Bonchev–Trinajstić information content (AvgIpc) is 2.18. The summed E-state index contributed by atoms with van der Waals surface area (Å²) in [6, 6.07) is 8.16. The molecule has 0 aliphatic carbocycles. The highest BCUT2D eigenvalue weighted by atomic mass is 15.1. The molecule has 0 aliphatic rings. The highest BCUT2D eigenvalue weighted by molar-refractivity contribution is 5.78. The normalized spacial score (nSPS) is 10.5. The molecule has 0 bridgehead atoms. The number of fused-ring (bicyclic) bond motifs is 1. The van der Waals surface area contributed by atoms with Crippen LogP contribution in [-0.2, 0) is 6.54 Å². The fourth-order valence-corrected chi connectivity index (χ4v) is 1.35. The second-order valence-electron chi connectivity index (χ2n) is 2.95. The molecule has 0 unspecified atom stereocenters. The number of nitrogens with one attached hydrogen (secondary N) is 1. The Balaban J connectivity index is 2.49. The van der Waals surface area contributed by atoms with E-state index in [2.05, 4.69) is 27.6 Å². The topological polar surface area (TPSA) is 37.8 Å². The zero-order chi connectivity index (χ0) is 9.10. The Hall–Kier alpha value is -1.48.